The third-order valence-corrected chi connectivity index (χ3v) is 8.46. The van der Waals surface area contributed by atoms with Crippen LogP contribution in [-0.4, -0.2) is 64.2 Å². The molecule has 1 spiro atoms. The van der Waals surface area contributed by atoms with Crippen molar-refractivity contribution >= 4 is 23.4 Å². The van der Waals surface area contributed by atoms with Crippen LogP contribution in [0.1, 0.15) is 59.8 Å². The summed E-state index contributed by atoms with van der Waals surface area (Å²) in [5.41, 5.74) is -1.26. The van der Waals surface area contributed by atoms with E-state index in [2.05, 4.69) is 17.6 Å². The number of fused-ring (bicyclic) bond motifs is 1. The van der Waals surface area contributed by atoms with Gasteiger partial charge < -0.3 is 25.4 Å². The number of amides is 3. The molecular weight excluding hydrogens is 446 g/mol. The first-order chi connectivity index (χ1) is 16.7. The van der Waals surface area contributed by atoms with E-state index in [9.17, 15) is 19.5 Å². The van der Waals surface area contributed by atoms with Gasteiger partial charge >= 0.3 is 0 Å². The summed E-state index contributed by atoms with van der Waals surface area (Å²) in [6.07, 6.45) is 3.62. The highest BCUT2D eigenvalue weighted by Crippen LogP contribution is 2.63. The molecule has 0 saturated carbocycles. The van der Waals surface area contributed by atoms with Gasteiger partial charge in [0.1, 0.15) is 11.6 Å². The van der Waals surface area contributed by atoms with E-state index in [4.69, 9.17) is 4.74 Å². The number of carbonyl (C=O) groups is 3. The predicted octanol–water partition coefficient (Wildman–Crippen LogP) is 2.71. The number of aliphatic hydroxyl groups is 1. The zero-order valence-electron chi connectivity index (χ0n) is 21.3. The summed E-state index contributed by atoms with van der Waals surface area (Å²) in [5, 5.41) is 16.3. The first-order valence-corrected chi connectivity index (χ1v) is 13.0. The van der Waals surface area contributed by atoms with Crippen LogP contribution in [0.5, 0.6) is 0 Å². The molecule has 1 aromatic rings. The quantitative estimate of drug-likeness (QED) is 0.442. The molecule has 2 bridgehead atoms. The van der Waals surface area contributed by atoms with Crippen molar-refractivity contribution in [2.45, 2.75) is 83.1 Å². The first-order valence-electron chi connectivity index (χ1n) is 13.0. The molecule has 0 aromatic heterocycles. The van der Waals surface area contributed by atoms with Gasteiger partial charge in [-0.15, -0.1) is 0 Å². The van der Waals surface area contributed by atoms with Crippen molar-refractivity contribution in [2.75, 3.05) is 18.5 Å². The van der Waals surface area contributed by atoms with Crippen molar-refractivity contribution < 1.29 is 24.2 Å². The minimum absolute atomic E-state index is 0.0190. The van der Waals surface area contributed by atoms with Gasteiger partial charge in [0.05, 0.1) is 30.1 Å². The Morgan fingerprint density at radius 2 is 1.91 bits per heavy atom. The van der Waals surface area contributed by atoms with Crippen LogP contribution in [0.25, 0.3) is 0 Å². The molecule has 35 heavy (non-hydrogen) atoms. The molecule has 1 aromatic carbocycles. The third-order valence-electron chi connectivity index (χ3n) is 8.46. The standard InChI is InChI=1S/C27H39N3O5/c1-5-7-15-28-24(33)22-27-14-13-26(4,35-27)20(23(32)29-18-11-9-8-10-12-18)21(27)25(34)30(22)19(16-31)17(3)6-2/h8-12,17,19-22,31H,5-7,13-16H2,1-4H3,(H,28,33)(H,29,32)/t17-,19-,20+,21-,22?,26-,27?/m0/s1. The Bertz CT molecular complexity index is 955. The number of nitrogens with zero attached hydrogens (tertiary/aromatic N) is 1. The van der Waals surface area contributed by atoms with Crippen LogP contribution < -0.4 is 10.6 Å². The van der Waals surface area contributed by atoms with Crippen LogP contribution in [0.2, 0.25) is 0 Å². The summed E-state index contributed by atoms with van der Waals surface area (Å²) in [5.74, 6) is -2.31. The van der Waals surface area contributed by atoms with Crippen LogP contribution in [0.15, 0.2) is 30.3 Å². The second-order valence-electron chi connectivity index (χ2n) is 10.6. The number of aliphatic hydroxyl groups excluding tert-OH is 1. The molecule has 3 heterocycles. The molecule has 2 unspecified atom stereocenters. The van der Waals surface area contributed by atoms with E-state index in [1.807, 2.05) is 51.1 Å². The van der Waals surface area contributed by atoms with Crippen molar-refractivity contribution in [2.24, 2.45) is 17.8 Å². The summed E-state index contributed by atoms with van der Waals surface area (Å²) < 4.78 is 6.63. The van der Waals surface area contributed by atoms with E-state index in [1.165, 1.54) is 0 Å². The van der Waals surface area contributed by atoms with Crippen LogP contribution in [0.3, 0.4) is 0 Å². The average Bonchev–Trinajstić information content (AvgIpc) is 3.41. The highest BCUT2D eigenvalue weighted by molar-refractivity contribution is 6.02. The fourth-order valence-electron chi connectivity index (χ4n) is 6.46. The lowest BCUT2D eigenvalue weighted by Gasteiger charge is -2.39. The molecule has 0 radical (unpaired) electrons. The minimum atomic E-state index is -1.08. The summed E-state index contributed by atoms with van der Waals surface area (Å²) >= 11 is 0. The van der Waals surface area contributed by atoms with Crippen molar-refractivity contribution in [3.05, 3.63) is 30.3 Å². The topological polar surface area (TPSA) is 108 Å². The Kier molecular flexibility index (Phi) is 7.25. The molecule has 7 atom stereocenters. The molecule has 4 rings (SSSR count). The molecule has 3 amide bonds. The van der Waals surface area contributed by atoms with E-state index in [0.29, 0.717) is 25.1 Å². The van der Waals surface area contributed by atoms with Crippen LogP contribution in [0.4, 0.5) is 5.69 Å². The number of hydrogen-bond donors (Lipinski definition) is 3. The van der Waals surface area contributed by atoms with Crippen molar-refractivity contribution in [1.82, 2.24) is 10.2 Å². The van der Waals surface area contributed by atoms with Crippen LogP contribution in [0, 0.1) is 17.8 Å². The third kappa shape index (κ3) is 4.14. The van der Waals surface area contributed by atoms with Gasteiger partial charge in [-0.05, 0) is 44.2 Å². The van der Waals surface area contributed by atoms with Crippen molar-refractivity contribution in [1.29, 1.82) is 0 Å². The summed E-state index contributed by atoms with van der Waals surface area (Å²) in [7, 11) is 0. The zero-order chi connectivity index (χ0) is 25.4. The maximum Gasteiger partial charge on any atom is 0.245 e. The number of carbonyl (C=O) groups excluding carboxylic acids is 3. The second kappa shape index (κ2) is 9.90. The lowest BCUT2D eigenvalue weighted by molar-refractivity contribution is -0.150. The number of ether oxygens (including phenoxy) is 1. The lowest BCUT2D eigenvalue weighted by Crippen LogP contribution is -2.59. The minimum Gasteiger partial charge on any atom is -0.394 e. The number of benzene rings is 1. The molecule has 3 aliphatic heterocycles. The van der Waals surface area contributed by atoms with E-state index in [1.54, 1.807) is 4.90 Å². The molecule has 3 fully saturated rings. The number of para-hydroxylation sites is 1. The highest BCUT2D eigenvalue weighted by Gasteiger charge is 2.78. The van der Waals surface area contributed by atoms with Gasteiger partial charge in [-0.2, -0.15) is 0 Å². The summed E-state index contributed by atoms with van der Waals surface area (Å²) in [6, 6.07) is 7.77. The number of nitrogens with one attached hydrogen (secondary N) is 2. The lowest BCUT2D eigenvalue weighted by atomic mass is 9.66. The Hall–Kier alpha value is -2.45. The van der Waals surface area contributed by atoms with Crippen molar-refractivity contribution in [3.8, 4) is 0 Å². The van der Waals surface area contributed by atoms with Crippen molar-refractivity contribution in [3.63, 3.8) is 0 Å². The number of anilines is 1. The molecule has 3 N–H and O–H groups in total. The van der Waals surface area contributed by atoms with E-state index < -0.39 is 35.1 Å². The zero-order valence-corrected chi connectivity index (χ0v) is 21.3. The average molecular weight is 486 g/mol. The fraction of sp³-hybridized carbons (Fsp3) is 0.667. The molecule has 3 aliphatic rings. The fourth-order valence-corrected chi connectivity index (χ4v) is 6.46. The van der Waals surface area contributed by atoms with Gasteiger partial charge in [0.15, 0.2) is 0 Å². The predicted molar refractivity (Wildman–Crippen MR) is 132 cm³/mol. The Balaban J connectivity index is 1.73. The van der Waals surface area contributed by atoms with E-state index in [-0.39, 0.29) is 30.2 Å². The van der Waals surface area contributed by atoms with Gasteiger partial charge in [0.25, 0.3) is 0 Å². The maximum atomic E-state index is 14.1. The first kappa shape index (κ1) is 25.6. The summed E-state index contributed by atoms with van der Waals surface area (Å²) in [6.45, 7) is 8.18. The molecule has 8 heteroatoms. The van der Waals surface area contributed by atoms with Gasteiger partial charge in [0, 0.05) is 12.2 Å². The van der Waals surface area contributed by atoms with E-state index in [0.717, 1.165) is 19.3 Å². The number of hydrogen-bond acceptors (Lipinski definition) is 5. The molecule has 192 valence electrons. The number of likely N-dealkylation sites (tertiary alicyclic amines) is 1. The van der Waals surface area contributed by atoms with Gasteiger partial charge in [-0.25, -0.2) is 0 Å². The SMILES string of the molecule is CCCCNC(=O)C1N([C@@H](CO)[C@@H](C)CC)C(=O)[C@@H]2[C@H](C(=O)Nc3ccccc3)[C@]3(C)CCC12O3. The number of unbranched alkanes of at least 4 members (excludes halogenated alkanes) is 1. The largest absolute Gasteiger partial charge is 0.394 e. The van der Waals surface area contributed by atoms with Crippen LogP contribution >= 0.6 is 0 Å². The van der Waals surface area contributed by atoms with Crippen LogP contribution in [-0.2, 0) is 19.1 Å². The normalized spacial score (nSPS) is 32.9. The maximum absolute atomic E-state index is 14.1. The molecule has 8 nitrogen and oxygen atoms in total. The Labute approximate surface area is 207 Å². The van der Waals surface area contributed by atoms with Gasteiger partial charge in [0.2, 0.25) is 17.7 Å². The summed E-state index contributed by atoms with van der Waals surface area (Å²) in [4.78, 5) is 42.9. The number of rotatable bonds is 10. The monoisotopic (exact) mass is 485 g/mol. The Morgan fingerprint density at radius 3 is 2.54 bits per heavy atom. The Morgan fingerprint density at radius 1 is 1.20 bits per heavy atom. The van der Waals surface area contributed by atoms with E-state index >= 15 is 0 Å². The highest BCUT2D eigenvalue weighted by atomic mass is 16.5. The molecule has 3 saturated heterocycles. The molecule has 0 aliphatic carbocycles. The van der Waals surface area contributed by atoms with Gasteiger partial charge in [-0.1, -0.05) is 51.8 Å². The molecular formula is C27H39N3O5. The second-order valence-corrected chi connectivity index (χ2v) is 10.6. The smallest absolute Gasteiger partial charge is 0.245 e. The van der Waals surface area contributed by atoms with Gasteiger partial charge in [-0.3, -0.25) is 14.4 Å².